The molecule has 0 amide bonds. The second-order valence-electron chi connectivity index (χ2n) is 2.67. The van der Waals surface area contributed by atoms with E-state index in [2.05, 4.69) is 0 Å². The monoisotopic (exact) mass is 227 g/mol. The van der Waals surface area contributed by atoms with Gasteiger partial charge in [0.25, 0.3) is 5.97 Å². The Morgan fingerprint density at radius 3 is 2.47 bits per heavy atom. The van der Waals surface area contributed by atoms with Crippen LogP contribution in [-0.4, -0.2) is 21.0 Å². The molecule has 0 unspecified atom stereocenters. The van der Waals surface area contributed by atoms with Gasteiger partial charge in [0.2, 0.25) is 0 Å². The van der Waals surface area contributed by atoms with Crippen molar-refractivity contribution in [2.24, 2.45) is 0 Å². The summed E-state index contributed by atoms with van der Waals surface area (Å²) in [6.07, 6.45) is 0. The fraction of sp³-hybridized carbons (Fsp3) is 0.111. The summed E-state index contributed by atoms with van der Waals surface area (Å²) in [5.41, 5.74) is 0.572. The van der Waals surface area contributed by atoms with E-state index in [1.54, 1.807) is 18.2 Å². The highest BCUT2D eigenvalue weighted by Gasteiger charge is 2.02. The molecule has 2 N–H and O–H groups in total. The van der Waals surface area contributed by atoms with Crippen LogP contribution in [0.1, 0.15) is 6.92 Å². The maximum absolute atomic E-state index is 10.9. The van der Waals surface area contributed by atoms with Crippen molar-refractivity contribution >= 4 is 27.5 Å². The van der Waals surface area contributed by atoms with E-state index in [-0.39, 0.29) is 4.87 Å². The summed E-state index contributed by atoms with van der Waals surface area (Å²) in [5, 5.41) is 16.5. The van der Waals surface area contributed by atoms with Crippen LogP contribution < -0.4 is 4.87 Å². The molecule has 2 aromatic rings. The molecule has 0 spiro atoms. The van der Waals surface area contributed by atoms with Gasteiger partial charge in [-0.25, -0.2) is 0 Å². The van der Waals surface area contributed by atoms with E-state index in [1.165, 1.54) is 0 Å². The molecular weight excluding hydrogens is 218 g/mol. The number of para-hydroxylation sites is 1. The zero-order chi connectivity index (χ0) is 11.4. The van der Waals surface area contributed by atoms with E-state index < -0.39 is 5.97 Å². The summed E-state index contributed by atoms with van der Waals surface area (Å²) in [6, 6.07) is 7.11. The summed E-state index contributed by atoms with van der Waals surface area (Å²) in [4.78, 5) is 19.5. The van der Waals surface area contributed by atoms with Gasteiger partial charge in [0.1, 0.15) is 5.52 Å². The normalized spacial score (nSPS) is 9.40. The van der Waals surface area contributed by atoms with Gasteiger partial charge in [-0.2, -0.15) is 0 Å². The van der Waals surface area contributed by atoms with E-state index in [0.717, 1.165) is 23.0 Å². The average Bonchev–Trinajstić information content (AvgIpc) is 2.43. The molecular formula is C9H9NO4S. The number of carboxylic acids is 1. The van der Waals surface area contributed by atoms with Crippen LogP contribution in [0.2, 0.25) is 0 Å². The largest absolute Gasteiger partial charge is 0.481 e. The van der Waals surface area contributed by atoms with Gasteiger partial charge in [-0.05, 0) is 12.1 Å². The number of rotatable bonds is 0. The first-order valence-corrected chi connectivity index (χ1v) is 4.83. The average molecular weight is 227 g/mol. The van der Waals surface area contributed by atoms with Crippen LogP contribution in [0.3, 0.4) is 0 Å². The Balaban J connectivity index is 0.000000245. The fourth-order valence-electron chi connectivity index (χ4n) is 0.954. The number of thiazole rings is 1. The van der Waals surface area contributed by atoms with Gasteiger partial charge in [-0.3, -0.25) is 9.59 Å². The lowest BCUT2D eigenvalue weighted by atomic mass is 10.3. The standard InChI is InChI=1S/C7H5NO2S.C2H4O2/c9-7-8(10)5-3-1-2-4-6(5)11-7;1-2(3)4/h1-4,10H;1H3,(H,3,4). The van der Waals surface area contributed by atoms with Crippen molar-refractivity contribution in [2.75, 3.05) is 0 Å². The van der Waals surface area contributed by atoms with Crippen LogP contribution in [0.25, 0.3) is 10.2 Å². The van der Waals surface area contributed by atoms with Crippen molar-refractivity contribution in [1.82, 2.24) is 4.73 Å². The van der Waals surface area contributed by atoms with E-state index >= 15 is 0 Å². The summed E-state index contributed by atoms with van der Waals surface area (Å²) < 4.78 is 1.47. The molecule has 0 bridgehead atoms. The molecule has 1 heterocycles. The third-order valence-corrected chi connectivity index (χ3v) is 2.38. The maximum atomic E-state index is 10.9. The van der Waals surface area contributed by atoms with Crippen LogP contribution in [-0.2, 0) is 4.79 Å². The Morgan fingerprint density at radius 1 is 1.40 bits per heavy atom. The number of fused-ring (bicyclic) bond motifs is 1. The van der Waals surface area contributed by atoms with Gasteiger partial charge in [0, 0.05) is 6.92 Å². The Hall–Kier alpha value is -1.82. The first kappa shape index (κ1) is 11.3. The molecule has 0 atom stereocenters. The zero-order valence-corrected chi connectivity index (χ0v) is 8.69. The quantitative estimate of drug-likeness (QED) is 0.666. The predicted molar refractivity (Wildman–Crippen MR) is 56.6 cm³/mol. The molecule has 0 radical (unpaired) electrons. The maximum Gasteiger partial charge on any atom is 0.340 e. The predicted octanol–water partition coefficient (Wildman–Crippen LogP) is 1.39. The van der Waals surface area contributed by atoms with Gasteiger partial charge in [0.05, 0.1) is 4.70 Å². The van der Waals surface area contributed by atoms with Crippen molar-refractivity contribution in [3.8, 4) is 0 Å². The molecule has 80 valence electrons. The molecule has 6 heteroatoms. The third-order valence-electron chi connectivity index (χ3n) is 1.46. The lowest BCUT2D eigenvalue weighted by Crippen LogP contribution is -2.07. The summed E-state index contributed by atoms with van der Waals surface area (Å²) >= 11 is 1.04. The summed E-state index contributed by atoms with van der Waals surface area (Å²) in [5.74, 6) is -0.833. The fourth-order valence-corrected chi connectivity index (χ4v) is 1.73. The SMILES string of the molecule is CC(=O)O.O=c1sc2ccccc2n1O. The molecule has 1 aromatic carbocycles. The molecule has 2 rings (SSSR count). The lowest BCUT2D eigenvalue weighted by molar-refractivity contribution is -0.134. The Bertz CT molecular complexity index is 524. The van der Waals surface area contributed by atoms with E-state index in [0.29, 0.717) is 10.2 Å². The van der Waals surface area contributed by atoms with Crippen molar-refractivity contribution in [3.05, 3.63) is 33.9 Å². The Morgan fingerprint density at radius 2 is 1.93 bits per heavy atom. The highest BCUT2D eigenvalue weighted by Crippen LogP contribution is 2.14. The number of carbonyl (C=O) groups is 1. The van der Waals surface area contributed by atoms with Gasteiger partial charge >= 0.3 is 4.87 Å². The summed E-state index contributed by atoms with van der Waals surface area (Å²) in [6.45, 7) is 1.08. The zero-order valence-electron chi connectivity index (χ0n) is 7.88. The van der Waals surface area contributed by atoms with Crippen LogP contribution >= 0.6 is 11.3 Å². The van der Waals surface area contributed by atoms with Crippen LogP contribution in [0.4, 0.5) is 0 Å². The first-order valence-electron chi connectivity index (χ1n) is 4.01. The number of hydrogen-bond donors (Lipinski definition) is 2. The van der Waals surface area contributed by atoms with Gasteiger partial charge < -0.3 is 10.3 Å². The van der Waals surface area contributed by atoms with E-state index in [1.807, 2.05) is 6.07 Å². The second-order valence-corrected chi connectivity index (χ2v) is 3.66. The van der Waals surface area contributed by atoms with Crippen molar-refractivity contribution in [3.63, 3.8) is 0 Å². The minimum Gasteiger partial charge on any atom is -0.481 e. The number of nitrogens with zero attached hydrogens (tertiary/aromatic N) is 1. The van der Waals surface area contributed by atoms with Crippen LogP contribution in [0, 0.1) is 0 Å². The van der Waals surface area contributed by atoms with Gasteiger partial charge in [-0.15, -0.1) is 4.73 Å². The topological polar surface area (TPSA) is 79.5 Å². The highest BCUT2D eigenvalue weighted by atomic mass is 32.1. The molecule has 0 aliphatic rings. The lowest BCUT2D eigenvalue weighted by Gasteiger charge is -1.88. The molecule has 0 fully saturated rings. The molecule has 1 aromatic heterocycles. The van der Waals surface area contributed by atoms with Gasteiger partial charge in [0.15, 0.2) is 0 Å². The van der Waals surface area contributed by atoms with Crippen molar-refractivity contribution in [1.29, 1.82) is 0 Å². The number of hydrogen-bond acceptors (Lipinski definition) is 4. The molecule has 15 heavy (non-hydrogen) atoms. The van der Waals surface area contributed by atoms with Crippen LogP contribution in [0.15, 0.2) is 29.1 Å². The first-order chi connectivity index (χ1) is 7.02. The third kappa shape index (κ3) is 2.81. The smallest absolute Gasteiger partial charge is 0.340 e. The number of carboxylic acid groups (broad SMARTS) is 1. The second kappa shape index (κ2) is 4.61. The Labute approximate surface area is 88.8 Å². The molecule has 5 nitrogen and oxygen atoms in total. The van der Waals surface area contributed by atoms with E-state index in [9.17, 15) is 4.79 Å². The Kier molecular flexibility index (Phi) is 3.46. The molecule has 0 aliphatic carbocycles. The van der Waals surface area contributed by atoms with Gasteiger partial charge in [-0.1, -0.05) is 23.5 Å². The minimum atomic E-state index is -0.833. The molecule has 0 saturated heterocycles. The number of aromatic nitrogens is 1. The molecule has 0 aliphatic heterocycles. The van der Waals surface area contributed by atoms with Crippen molar-refractivity contribution in [2.45, 2.75) is 6.92 Å². The minimum absolute atomic E-state index is 0.341. The highest BCUT2D eigenvalue weighted by molar-refractivity contribution is 7.16. The van der Waals surface area contributed by atoms with Crippen molar-refractivity contribution < 1.29 is 15.1 Å². The molecule has 0 saturated carbocycles. The number of benzene rings is 1. The van der Waals surface area contributed by atoms with E-state index in [4.69, 9.17) is 15.1 Å². The summed E-state index contributed by atoms with van der Waals surface area (Å²) in [7, 11) is 0. The van der Waals surface area contributed by atoms with Crippen LogP contribution in [0.5, 0.6) is 0 Å². The number of aliphatic carboxylic acids is 1.